The topological polar surface area (TPSA) is 77.3 Å². The van der Waals surface area contributed by atoms with Crippen LogP contribution in [0.2, 0.25) is 0 Å². The molecule has 0 saturated heterocycles. The van der Waals surface area contributed by atoms with E-state index < -0.39 is 25.7 Å². The van der Waals surface area contributed by atoms with Gasteiger partial charge in [-0.25, -0.2) is 0 Å². The summed E-state index contributed by atoms with van der Waals surface area (Å²) in [5.41, 5.74) is -0.549. The maximum Gasteiger partial charge on any atom is 0.332 e. The summed E-state index contributed by atoms with van der Waals surface area (Å²) >= 11 is 3.72. The van der Waals surface area contributed by atoms with E-state index >= 15 is 0 Å². The maximum absolute atomic E-state index is 12.4. The lowest BCUT2D eigenvalue weighted by Crippen LogP contribution is -1.95. The Morgan fingerprint density at radius 2 is 2.00 bits per heavy atom. The zero-order valence-corrected chi connectivity index (χ0v) is 8.26. The molecule has 1 aromatic rings. The van der Waals surface area contributed by atoms with Gasteiger partial charge in [0.25, 0.3) is 5.69 Å². The number of hydrogen-bond acceptors (Lipinski definition) is 5. The van der Waals surface area contributed by atoms with Gasteiger partial charge in [-0.2, -0.15) is 8.42 Å². The Hall–Kier alpha value is -1.15. The maximum atomic E-state index is 12.4. The van der Waals surface area contributed by atoms with E-state index in [1.165, 1.54) is 0 Å². The highest BCUT2D eigenvalue weighted by Gasteiger charge is 2.18. The molecular formula is C6H4FNO4S2. The minimum absolute atomic E-state index is 0.0256. The van der Waals surface area contributed by atoms with Crippen LogP contribution < -0.4 is 0 Å². The minimum Gasteiger partial charge on any atom is -0.258 e. The highest BCUT2D eigenvalue weighted by Crippen LogP contribution is 2.26. The van der Waals surface area contributed by atoms with Gasteiger partial charge in [0.15, 0.2) is 0 Å². The van der Waals surface area contributed by atoms with Crippen LogP contribution >= 0.6 is 12.6 Å². The third kappa shape index (κ3) is 2.20. The molecule has 0 spiro atoms. The molecular weight excluding hydrogens is 233 g/mol. The number of halogens is 1. The fourth-order valence-electron chi connectivity index (χ4n) is 0.801. The summed E-state index contributed by atoms with van der Waals surface area (Å²) in [7, 11) is -4.91. The van der Waals surface area contributed by atoms with Crippen LogP contribution in [0.5, 0.6) is 0 Å². The SMILES string of the molecule is O=[N+]([O-])c1cc(S(=O)(=O)F)ccc1S. The van der Waals surface area contributed by atoms with Crippen LogP contribution in [0.3, 0.4) is 0 Å². The Bertz CT molecular complexity index is 485. The van der Waals surface area contributed by atoms with E-state index in [-0.39, 0.29) is 4.90 Å². The van der Waals surface area contributed by atoms with Gasteiger partial charge in [0.1, 0.15) is 4.90 Å². The van der Waals surface area contributed by atoms with Gasteiger partial charge in [-0.05, 0) is 12.1 Å². The molecule has 0 aliphatic carbocycles. The molecule has 5 nitrogen and oxygen atoms in total. The number of thiol groups is 1. The zero-order valence-electron chi connectivity index (χ0n) is 6.55. The summed E-state index contributed by atoms with van der Waals surface area (Å²) in [4.78, 5) is 8.73. The van der Waals surface area contributed by atoms with Crippen molar-refractivity contribution in [1.82, 2.24) is 0 Å². The number of nitro groups is 1. The fourth-order valence-corrected chi connectivity index (χ4v) is 1.50. The molecule has 0 bridgehead atoms. The lowest BCUT2D eigenvalue weighted by molar-refractivity contribution is -0.387. The quantitative estimate of drug-likeness (QED) is 0.366. The van der Waals surface area contributed by atoms with Crippen LogP contribution in [-0.2, 0) is 10.2 Å². The average Bonchev–Trinajstić information content (AvgIpc) is 2.02. The molecule has 0 radical (unpaired) electrons. The number of nitrogens with zero attached hydrogens (tertiary/aromatic N) is 1. The first-order valence-electron chi connectivity index (χ1n) is 3.24. The summed E-state index contributed by atoms with van der Waals surface area (Å²) in [6.07, 6.45) is 0. The molecule has 0 aliphatic rings. The van der Waals surface area contributed by atoms with E-state index in [4.69, 9.17) is 0 Å². The molecule has 8 heteroatoms. The molecule has 1 aromatic carbocycles. The van der Waals surface area contributed by atoms with Crippen molar-refractivity contribution in [3.8, 4) is 0 Å². The second kappa shape index (κ2) is 3.54. The zero-order chi connectivity index (χ0) is 10.9. The lowest BCUT2D eigenvalue weighted by Gasteiger charge is -1.97. The summed E-state index contributed by atoms with van der Waals surface area (Å²) in [6, 6.07) is 2.58. The Labute approximate surface area is 84.3 Å². The Balaban J connectivity index is 3.42. The van der Waals surface area contributed by atoms with Crippen LogP contribution in [0.25, 0.3) is 0 Å². The molecule has 0 N–H and O–H groups in total. The number of benzene rings is 1. The Morgan fingerprint density at radius 1 is 1.43 bits per heavy atom. The van der Waals surface area contributed by atoms with E-state index in [1.807, 2.05) is 0 Å². The smallest absolute Gasteiger partial charge is 0.258 e. The standard InChI is InChI=1S/C6H4FNO4S2/c7-14(11,12)4-1-2-6(13)5(3-4)8(9)10/h1-3,13H. The molecule has 14 heavy (non-hydrogen) atoms. The van der Waals surface area contributed by atoms with Gasteiger partial charge in [-0.15, -0.1) is 16.5 Å². The predicted molar refractivity (Wildman–Crippen MR) is 48.6 cm³/mol. The summed E-state index contributed by atoms with van der Waals surface area (Å²) in [6.45, 7) is 0. The lowest BCUT2D eigenvalue weighted by atomic mass is 10.3. The van der Waals surface area contributed by atoms with E-state index in [2.05, 4.69) is 12.6 Å². The predicted octanol–water partition coefficient (Wildman–Crippen LogP) is 1.54. The number of nitro benzene ring substituents is 1. The largest absolute Gasteiger partial charge is 0.332 e. The van der Waals surface area contributed by atoms with Gasteiger partial charge in [-0.3, -0.25) is 10.1 Å². The van der Waals surface area contributed by atoms with Crippen molar-refractivity contribution >= 4 is 28.5 Å². The van der Waals surface area contributed by atoms with Crippen LogP contribution in [0.15, 0.2) is 28.0 Å². The van der Waals surface area contributed by atoms with Gasteiger partial charge < -0.3 is 0 Å². The Kier molecular flexibility index (Phi) is 2.76. The van der Waals surface area contributed by atoms with E-state index in [0.717, 1.165) is 12.1 Å². The van der Waals surface area contributed by atoms with Gasteiger partial charge in [0.2, 0.25) is 0 Å². The van der Waals surface area contributed by atoms with E-state index in [9.17, 15) is 22.4 Å². The van der Waals surface area contributed by atoms with Crippen LogP contribution in [-0.4, -0.2) is 13.3 Å². The molecule has 0 aromatic heterocycles. The van der Waals surface area contributed by atoms with Gasteiger partial charge in [0.05, 0.1) is 9.82 Å². The van der Waals surface area contributed by atoms with Crippen molar-refractivity contribution in [3.63, 3.8) is 0 Å². The summed E-state index contributed by atoms with van der Waals surface area (Å²) in [5, 5.41) is 10.3. The first-order valence-corrected chi connectivity index (χ1v) is 5.07. The van der Waals surface area contributed by atoms with Gasteiger partial charge in [-0.1, -0.05) is 0 Å². The third-order valence-electron chi connectivity index (χ3n) is 1.43. The average molecular weight is 237 g/mol. The summed E-state index contributed by atoms with van der Waals surface area (Å²) < 4.78 is 33.2. The molecule has 0 heterocycles. The van der Waals surface area contributed by atoms with Crippen LogP contribution in [0, 0.1) is 10.1 Å². The van der Waals surface area contributed by atoms with Crippen LogP contribution in [0.1, 0.15) is 0 Å². The molecule has 0 atom stereocenters. The molecule has 76 valence electrons. The second-order valence-corrected chi connectivity index (χ2v) is 4.17. The van der Waals surface area contributed by atoms with Crippen molar-refractivity contribution in [2.45, 2.75) is 9.79 Å². The number of rotatable bonds is 2. The van der Waals surface area contributed by atoms with E-state index in [1.54, 1.807) is 0 Å². The molecule has 0 saturated carbocycles. The Morgan fingerprint density at radius 3 is 2.43 bits per heavy atom. The molecule has 1 rings (SSSR count). The van der Waals surface area contributed by atoms with Crippen LogP contribution in [0.4, 0.5) is 9.57 Å². The van der Waals surface area contributed by atoms with Gasteiger partial charge in [0, 0.05) is 6.07 Å². The minimum atomic E-state index is -4.91. The van der Waals surface area contributed by atoms with Crippen molar-refractivity contribution in [2.75, 3.05) is 0 Å². The van der Waals surface area contributed by atoms with E-state index in [0.29, 0.717) is 6.07 Å². The first kappa shape index (κ1) is 10.9. The second-order valence-electron chi connectivity index (χ2n) is 2.35. The first-order chi connectivity index (χ1) is 6.32. The highest BCUT2D eigenvalue weighted by atomic mass is 32.3. The normalized spacial score (nSPS) is 11.3. The van der Waals surface area contributed by atoms with Crippen molar-refractivity contribution in [1.29, 1.82) is 0 Å². The monoisotopic (exact) mass is 237 g/mol. The molecule has 0 fully saturated rings. The van der Waals surface area contributed by atoms with Crippen molar-refractivity contribution in [3.05, 3.63) is 28.3 Å². The third-order valence-corrected chi connectivity index (χ3v) is 2.62. The summed E-state index contributed by atoms with van der Waals surface area (Å²) in [5.74, 6) is 0. The highest BCUT2D eigenvalue weighted by molar-refractivity contribution is 7.86. The molecule has 0 unspecified atom stereocenters. The van der Waals surface area contributed by atoms with Gasteiger partial charge >= 0.3 is 10.2 Å². The van der Waals surface area contributed by atoms with Crippen molar-refractivity contribution in [2.24, 2.45) is 0 Å². The van der Waals surface area contributed by atoms with Crippen molar-refractivity contribution < 1.29 is 17.2 Å². The molecule has 0 aliphatic heterocycles. The molecule has 0 amide bonds. The number of hydrogen-bond donors (Lipinski definition) is 1. The fraction of sp³-hybridized carbons (Fsp3) is 0.